The van der Waals surface area contributed by atoms with Gasteiger partial charge in [0.15, 0.2) is 0 Å². The zero-order valence-corrected chi connectivity index (χ0v) is 16.1. The van der Waals surface area contributed by atoms with Gasteiger partial charge in [-0.1, -0.05) is 23.2 Å². The Morgan fingerprint density at radius 2 is 1.84 bits per heavy atom. The average molecular weight is 407 g/mol. The Balaban J connectivity index is 0.00000225. The maximum absolute atomic E-state index is 12.9. The van der Waals surface area contributed by atoms with Crippen LogP contribution in [0.15, 0.2) is 18.2 Å². The molecular weight excluding hydrogens is 385 g/mol. The molecule has 2 saturated heterocycles. The second-order valence-corrected chi connectivity index (χ2v) is 7.31. The highest BCUT2D eigenvalue weighted by molar-refractivity contribution is 6.35. The van der Waals surface area contributed by atoms with Crippen molar-refractivity contribution >= 4 is 47.4 Å². The van der Waals surface area contributed by atoms with Crippen LogP contribution in [0.1, 0.15) is 36.0 Å². The third-order valence-corrected chi connectivity index (χ3v) is 5.29. The molecule has 2 atom stereocenters. The van der Waals surface area contributed by atoms with Crippen molar-refractivity contribution in [2.75, 3.05) is 19.6 Å². The van der Waals surface area contributed by atoms with Crippen LogP contribution in [-0.2, 0) is 4.79 Å². The second kappa shape index (κ2) is 8.58. The zero-order chi connectivity index (χ0) is 17.3. The summed E-state index contributed by atoms with van der Waals surface area (Å²) in [6.07, 6.45) is 3.33. The molecule has 1 aromatic carbocycles. The van der Waals surface area contributed by atoms with Gasteiger partial charge in [-0.3, -0.25) is 9.59 Å². The molecule has 5 nitrogen and oxygen atoms in total. The van der Waals surface area contributed by atoms with Gasteiger partial charge in [0.05, 0.1) is 10.6 Å². The molecule has 8 heteroatoms. The Morgan fingerprint density at radius 3 is 2.56 bits per heavy atom. The highest BCUT2D eigenvalue weighted by Gasteiger charge is 2.38. The first-order valence-electron chi connectivity index (χ1n) is 8.28. The van der Waals surface area contributed by atoms with E-state index in [1.165, 1.54) is 0 Å². The quantitative estimate of drug-likeness (QED) is 0.821. The lowest BCUT2D eigenvalue weighted by Crippen LogP contribution is -2.53. The molecule has 3 rings (SSSR count). The fourth-order valence-electron chi connectivity index (χ4n) is 3.50. The van der Waals surface area contributed by atoms with Crippen LogP contribution in [0.2, 0.25) is 10.0 Å². The molecule has 25 heavy (non-hydrogen) atoms. The molecule has 0 spiro atoms. The lowest BCUT2D eigenvalue weighted by molar-refractivity contribution is -0.136. The molecule has 2 heterocycles. The molecular formula is C17H22Cl3N3O2. The van der Waals surface area contributed by atoms with Crippen LogP contribution in [0, 0.1) is 0 Å². The SMILES string of the molecule is Cl.NC1CCCN(C(=O)C2CCCN2C(=O)c2cc(Cl)ccc2Cl)C1. The molecule has 0 aromatic heterocycles. The number of halogens is 3. The van der Waals surface area contributed by atoms with Crippen molar-refractivity contribution in [1.82, 2.24) is 9.80 Å². The van der Waals surface area contributed by atoms with Crippen molar-refractivity contribution in [2.45, 2.75) is 37.8 Å². The van der Waals surface area contributed by atoms with Gasteiger partial charge in [0, 0.05) is 30.7 Å². The molecule has 1 aromatic rings. The van der Waals surface area contributed by atoms with E-state index in [0.717, 1.165) is 19.3 Å². The van der Waals surface area contributed by atoms with E-state index in [1.807, 2.05) is 0 Å². The smallest absolute Gasteiger partial charge is 0.256 e. The normalized spacial score (nSPS) is 23.3. The van der Waals surface area contributed by atoms with Gasteiger partial charge in [0.2, 0.25) is 5.91 Å². The Morgan fingerprint density at radius 1 is 1.12 bits per heavy atom. The fourth-order valence-corrected chi connectivity index (χ4v) is 3.87. The summed E-state index contributed by atoms with van der Waals surface area (Å²) in [6, 6.07) is 4.40. The number of likely N-dealkylation sites (tertiary alicyclic amines) is 2. The number of nitrogens with two attached hydrogens (primary N) is 1. The summed E-state index contributed by atoms with van der Waals surface area (Å²) in [5.41, 5.74) is 6.32. The molecule has 2 fully saturated rings. The Kier molecular flexibility index (Phi) is 6.97. The third kappa shape index (κ3) is 4.40. The second-order valence-electron chi connectivity index (χ2n) is 6.47. The number of piperidine rings is 1. The van der Waals surface area contributed by atoms with Gasteiger partial charge >= 0.3 is 0 Å². The summed E-state index contributed by atoms with van der Waals surface area (Å²) < 4.78 is 0. The van der Waals surface area contributed by atoms with Crippen molar-refractivity contribution < 1.29 is 9.59 Å². The number of benzene rings is 1. The van der Waals surface area contributed by atoms with Crippen LogP contribution >= 0.6 is 35.6 Å². The van der Waals surface area contributed by atoms with Gasteiger partial charge in [0.1, 0.15) is 6.04 Å². The molecule has 2 amide bonds. The predicted molar refractivity (Wildman–Crippen MR) is 102 cm³/mol. The summed E-state index contributed by atoms with van der Waals surface area (Å²) in [7, 11) is 0. The number of carbonyl (C=O) groups excluding carboxylic acids is 2. The average Bonchev–Trinajstić information content (AvgIpc) is 3.05. The van der Waals surface area contributed by atoms with E-state index in [2.05, 4.69) is 0 Å². The number of carbonyl (C=O) groups is 2. The van der Waals surface area contributed by atoms with Crippen molar-refractivity contribution in [2.24, 2.45) is 5.73 Å². The molecule has 0 aliphatic carbocycles. The molecule has 2 aliphatic rings. The number of hydrogen-bond donors (Lipinski definition) is 1. The van der Waals surface area contributed by atoms with Gasteiger partial charge in [-0.25, -0.2) is 0 Å². The van der Waals surface area contributed by atoms with Gasteiger partial charge < -0.3 is 15.5 Å². The molecule has 2 unspecified atom stereocenters. The standard InChI is InChI=1S/C17H21Cl2N3O2.ClH/c18-11-5-6-14(19)13(9-11)16(23)22-8-2-4-15(22)17(24)21-7-1-3-12(20)10-21;/h5-6,9,12,15H,1-4,7-8,10,20H2;1H. The zero-order valence-electron chi connectivity index (χ0n) is 13.8. The van der Waals surface area contributed by atoms with E-state index in [-0.39, 0.29) is 30.3 Å². The highest BCUT2D eigenvalue weighted by Crippen LogP contribution is 2.27. The topological polar surface area (TPSA) is 66.6 Å². The maximum atomic E-state index is 12.9. The van der Waals surface area contributed by atoms with Gasteiger partial charge in [-0.2, -0.15) is 0 Å². The third-order valence-electron chi connectivity index (χ3n) is 4.73. The van der Waals surface area contributed by atoms with E-state index >= 15 is 0 Å². The van der Waals surface area contributed by atoms with E-state index in [1.54, 1.807) is 28.0 Å². The fraction of sp³-hybridized carbons (Fsp3) is 0.529. The lowest BCUT2D eigenvalue weighted by Gasteiger charge is -2.35. The van der Waals surface area contributed by atoms with Crippen LogP contribution in [0.4, 0.5) is 0 Å². The largest absolute Gasteiger partial charge is 0.339 e. The summed E-state index contributed by atoms with van der Waals surface area (Å²) in [5.74, 6) is -0.242. The molecule has 0 saturated carbocycles. The lowest BCUT2D eigenvalue weighted by atomic mass is 10.0. The van der Waals surface area contributed by atoms with Gasteiger partial charge in [-0.15, -0.1) is 12.4 Å². The van der Waals surface area contributed by atoms with Crippen molar-refractivity contribution in [1.29, 1.82) is 0 Å². The van der Waals surface area contributed by atoms with Crippen molar-refractivity contribution in [3.05, 3.63) is 33.8 Å². The van der Waals surface area contributed by atoms with Gasteiger partial charge in [0.25, 0.3) is 5.91 Å². The number of rotatable bonds is 2. The van der Waals surface area contributed by atoms with Crippen molar-refractivity contribution in [3.8, 4) is 0 Å². The summed E-state index contributed by atoms with van der Waals surface area (Å²) in [5, 5.41) is 0.800. The number of hydrogen-bond acceptors (Lipinski definition) is 3. The van der Waals surface area contributed by atoms with E-state index < -0.39 is 6.04 Å². The van der Waals surface area contributed by atoms with Crippen LogP contribution in [0.3, 0.4) is 0 Å². The number of nitrogens with zero attached hydrogens (tertiary/aromatic N) is 2. The van der Waals surface area contributed by atoms with Crippen LogP contribution < -0.4 is 5.73 Å². The molecule has 2 N–H and O–H groups in total. The monoisotopic (exact) mass is 405 g/mol. The minimum atomic E-state index is -0.433. The van der Waals surface area contributed by atoms with Crippen LogP contribution in [0.25, 0.3) is 0 Å². The maximum Gasteiger partial charge on any atom is 0.256 e. The predicted octanol–water partition coefficient (Wildman–Crippen LogP) is 2.97. The molecule has 138 valence electrons. The number of amides is 2. The first-order valence-corrected chi connectivity index (χ1v) is 9.03. The van der Waals surface area contributed by atoms with Crippen LogP contribution in [-0.4, -0.2) is 53.3 Å². The van der Waals surface area contributed by atoms with E-state index in [4.69, 9.17) is 28.9 Å². The molecule has 0 radical (unpaired) electrons. The molecule has 0 bridgehead atoms. The van der Waals surface area contributed by atoms with Gasteiger partial charge in [-0.05, 0) is 43.9 Å². The molecule has 2 aliphatic heterocycles. The first kappa shape index (κ1) is 20.3. The summed E-state index contributed by atoms with van der Waals surface area (Å²) in [6.45, 7) is 1.83. The Hall–Kier alpha value is -1.01. The van der Waals surface area contributed by atoms with E-state index in [9.17, 15) is 9.59 Å². The summed E-state index contributed by atoms with van der Waals surface area (Å²) >= 11 is 12.1. The first-order chi connectivity index (χ1) is 11.5. The van der Waals surface area contributed by atoms with Crippen LogP contribution in [0.5, 0.6) is 0 Å². The minimum absolute atomic E-state index is 0. The summed E-state index contributed by atoms with van der Waals surface area (Å²) in [4.78, 5) is 29.2. The van der Waals surface area contributed by atoms with Crippen molar-refractivity contribution in [3.63, 3.8) is 0 Å². The minimum Gasteiger partial charge on any atom is -0.339 e. The Labute approximate surface area is 163 Å². The Bertz CT molecular complexity index is 656. The van der Waals surface area contributed by atoms with E-state index in [0.29, 0.717) is 41.7 Å². The highest BCUT2D eigenvalue weighted by atomic mass is 35.5.